The second kappa shape index (κ2) is 7.22. The number of rotatable bonds is 6. The van der Waals surface area contributed by atoms with Crippen LogP contribution >= 0.6 is 0 Å². The highest BCUT2D eigenvalue weighted by Crippen LogP contribution is 2.13. The van der Waals surface area contributed by atoms with Crippen LogP contribution < -0.4 is 5.32 Å². The number of carboxylic acids is 1. The molecule has 20 heavy (non-hydrogen) atoms. The third kappa shape index (κ3) is 4.47. The quantitative estimate of drug-likeness (QED) is 0.778. The molecule has 1 heterocycles. The summed E-state index contributed by atoms with van der Waals surface area (Å²) in [5, 5.41) is 12.1. The minimum absolute atomic E-state index is 0.227. The lowest BCUT2D eigenvalue weighted by atomic mass is 10.0. The Balaban J connectivity index is 1.80. The maximum Gasteiger partial charge on any atom is 0.332 e. The Morgan fingerprint density at radius 3 is 2.85 bits per heavy atom. The number of likely N-dealkylation sites (tertiary alicyclic amines) is 1. The van der Waals surface area contributed by atoms with Crippen LogP contribution in [0.25, 0.3) is 0 Å². The molecule has 0 radical (unpaired) electrons. The smallest absolute Gasteiger partial charge is 0.332 e. The lowest BCUT2D eigenvalue weighted by Gasteiger charge is -2.33. The lowest BCUT2D eigenvalue weighted by Crippen LogP contribution is -2.46. The molecule has 2 rings (SSSR count). The SMILES string of the molecule is C=C(CNC1CCCN(Cc2ccccc2)C1)C(=O)O. The minimum Gasteiger partial charge on any atom is -0.478 e. The van der Waals surface area contributed by atoms with Crippen LogP contribution in [0.3, 0.4) is 0 Å². The fourth-order valence-electron chi connectivity index (χ4n) is 2.55. The molecule has 0 bridgehead atoms. The number of carboxylic acid groups (broad SMARTS) is 1. The van der Waals surface area contributed by atoms with Gasteiger partial charge in [-0.05, 0) is 24.9 Å². The third-order valence-electron chi connectivity index (χ3n) is 3.66. The number of piperidine rings is 1. The summed E-state index contributed by atoms with van der Waals surface area (Å²) in [5.41, 5.74) is 1.55. The highest BCUT2D eigenvalue weighted by atomic mass is 16.4. The van der Waals surface area contributed by atoms with Crippen molar-refractivity contribution in [2.24, 2.45) is 0 Å². The molecule has 0 amide bonds. The van der Waals surface area contributed by atoms with Crippen LogP contribution in [0.15, 0.2) is 42.5 Å². The van der Waals surface area contributed by atoms with Crippen LogP contribution in [-0.2, 0) is 11.3 Å². The van der Waals surface area contributed by atoms with Crippen LogP contribution in [0.5, 0.6) is 0 Å². The fraction of sp³-hybridized carbons (Fsp3) is 0.438. The number of nitrogens with one attached hydrogen (secondary N) is 1. The van der Waals surface area contributed by atoms with Gasteiger partial charge in [0, 0.05) is 31.2 Å². The van der Waals surface area contributed by atoms with E-state index in [9.17, 15) is 4.79 Å². The van der Waals surface area contributed by atoms with Gasteiger partial charge in [0.1, 0.15) is 0 Å². The van der Waals surface area contributed by atoms with Crippen molar-refractivity contribution in [1.29, 1.82) is 0 Å². The van der Waals surface area contributed by atoms with Crippen LogP contribution in [-0.4, -0.2) is 41.7 Å². The Morgan fingerprint density at radius 1 is 1.40 bits per heavy atom. The molecule has 1 aromatic rings. The zero-order chi connectivity index (χ0) is 14.4. The van der Waals surface area contributed by atoms with E-state index in [-0.39, 0.29) is 5.57 Å². The van der Waals surface area contributed by atoms with E-state index >= 15 is 0 Å². The number of carbonyl (C=O) groups is 1. The van der Waals surface area contributed by atoms with Gasteiger partial charge in [0.05, 0.1) is 0 Å². The van der Waals surface area contributed by atoms with Gasteiger partial charge < -0.3 is 10.4 Å². The number of hydrogen-bond acceptors (Lipinski definition) is 3. The number of benzene rings is 1. The Labute approximate surface area is 120 Å². The highest BCUT2D eigenvalue weighted by molar-refractivity contribution is 5.86. The molecule has 1 aliphatic rings. The molecule has 1 atom stereocenters. The van der Waals surface area contributed by atoms with Crippen molar-refractivity contribution in [3.05, 3.63) is 48.0 Å². The summed E-state index contributed by atoms with van der Waals surface area (Å²) in [6.07, 6.45) is 2.24. The van der Waals surface area contributed by atoms with E-state index in [2.05, 4.69) is 41.1 Å². The maximum atomic E-state index is 10.7. The molecule has 4 nitrogen and oxygen atoms in total. The summed E-state index contributed by atoms with van der Waals surface area (Å²) in [6, 6.07) is 10.8. The van der Waals surface area contributed by atoms with Crippen molar-refractivity contribution in [3.63, 3.8) is 0 Å². The van der Waals surface area contributed by atoms with Gasteiger partial charge in [-0.1, -0.05) is 36.9 Å². The van der Waals surface area contributed by atoms with Crippen molar-refractivity contribution in [1.82, 2.24) is 10.2 Å². The average molecular weight is 274 g/mol. The summed E-state index contributed by atoms with van der Waals surface area (Å²) in [4.78, 5) is 13.1. The minimum atomic E-state index is -0.922. The third-order valence-corrected chi connectivity index (χ3v) is 3.66. The molecule has 0 aromatic heterocycles. The number of nitrogens with zero attached hydrogens (tertiary/aromatic N) is 1. The summed E-state index contributed by atoms with van der Waals surface area (Å²) >= 11 is 0. The molecule has 1 aromatic carbocycles. The van der Waals surface area contributed by atoms with Crippen molar-refractivity contribution in [3.8, 4) is 0 Å². The first-order valence-electron chi connectivity index (χ1n) is 7.06. The van der Waals surface area contributed by atoms with Crippen LogP contribution in [0, 0.1) is 0 Å². The zero-order valence-corrected chi connectivity index (χ0v) is 11.7. The van der Waals surface area contributed by atoms with Gasteiger partial charge in [-0.3, -0.25) is 4.90 Å². The van der Waals surface area contributed by atoms with E-state index in [1.54, 1.807) is 0 Å². The molecule has 0 spiro atoms. The standard InChI is InChI=1S/C16H22N2O2/c1-13(16(19)20)10-17-15-8-5-9-18(12-15)11-14-6-3-2-4-7-14/h2-4,6-7,15,17H,1,5,8-12H2,(H,19,20). The van der Waals surface area contributed by atoms with E-state index in [1.165, 1.54) is 5.56 Å². The zero-order valence-electron chi connectivity index (χ0n) is 11.7. The van der Waals surface area contributed by atoms with E-state index in [1.807, 2.05) is 6.07 Å². The van der Waals surface area contributed by atoms with Gasteiger partial charge in [0.2, 0.25) is 0 Å². The van der Waals surface area contributed by atoms with Crippen molar-refractivity contribution < 1.29 is 9.90 Å². The Hall–Kier alpha value is -1.65. The first-order valence-corrected chi connectivity index (χ1v) is 7.06. The second-order valence-electron chi connectivity index (χ2n) is 5.35. The predicted molar refractivity (Wildman–Crippen MR) is 79.5 cm³/mol. The summed E-state index contributed by atoms with van der Waals surface area (Å²) in [6.45, 7) is 6.93. The lowest BCUT2D eigenvalue weighted by molar-refractivity contribution is -0.132. The molecule has 1 aliphatic heterocycles. The highest BCUT2D eigenvalue weighted by Gasteiger charge is 2.20. The second-order valence-corrected chi connectivity index (χ2v) is 5.35. The van der Waals surface area contributed by atoms with Gasteiger partial charge >= 0.3 is 5.97 Å². The monoisotopic (exact) mass is 274 g/mol. The maximum absolute atomic E-state index is 10.7. The first-order chi connectivity index (χ1) is 9.65. The van der Waals surface area contributed by atoms with E-state index < -0.39 is 5.97 Å². The van der Waals surface area contributed by atoms with Gasteiger partial charge in [0.15, 0.2) is 0 Å². The fourth-order valence-corrected chi connectivity index (χ4v) is 2.55. The summed E-state index contributed by atoms with van der Waals surface area (Å²) in [5.74, 6) is -0.922. The topological polar surface area (TPSA) is 52.6 Å². The Bertz CT molecular complexity index is 459. The molecule has 1 unspecified atom stereocenters. The number of hydrogen-bond donors (Lipinski definition) is 2. The first kappa shape index (κ1) is 14.8. The Kier molecular flexibility index (Phi) is 5.32. The molecule has 108 valence electrons. The van der Waals surface area contributed by atoms with Crippen LogP contribution in [0.1, 0.15) is 18.4 Å². The van der Waals surface area contributed by atoms with E-state index in [4.69, 9.17) is 5.11 Å². The molecular weight excluding hydrogens is 252 g/mol. The normalized spacial score (nSPS) is 19.7. The van der Waals surface area contributed by atoms with Gasteiger partial charge in [0.25, 0.3) is 0 Å². The van der Waals surface area contributed by atoms with Gasteiger partial charge in [-0.25, -0.2) is 4.79 Å². The molecule has 1 fully saturated rings. The molecule has 0 aliphatic carbocycles. The van der Waals surface area contributed by atoms with Crippen LogP contribution in [0.4, 0.5) is 0 Å². The van der Waals surface area contributed by atoms with Gasteiger partial charge in [-0.2, -0.15) is 0 Å². The predicted octanol–water partition coefficient (Wildman–Crippen LogP) is 1.88. The molecule has 4 heteroatoms. The van der Waals surface area contributed by atoms with Crippen LogP contribution in [0.2, 0.25) is 0 Å². The molecule has 0 saturated carbocycles. The van der Waals surface area contributed by atoms with Crippen molar-refractivity contribution in [2.75, 3.05) is 19.6 Å². The van der Waals surface area contributed by atoms with E-state index in [0.29, 0.717) is 12.6 Å². The van der Waals surface area contributed by atoms with Crippen molar-refractivity contribution in [2.45, 2.75) is 25.4 Å². The van der Waals surface area contributed by atoms with Crippen molar-refractivity contribution >= 4 is 5.97 Å². The average Bonchev–Trinajstić information content (AvgIpc) is 2.46. The Morgan fingerprint density at radius 2 is 2.15 bits per heavy atom. The summed E-state index contributed by atoms with van der Waals surface area (Å²) in [7, 11) is 0. The van der Waals surface area contributed by atoms with E-state index in [0.717, 1.165) is 32.5 Å². The largest absolute Gasteiger partial charge is 0.478 e. The number of aliphatic carboxylic acids is 1. The molecular formula is C16H22N2O2. The molecule has 2 N–H and O–H groups in total. The molecule has 1 saturated heterocycles. The van der Waals surface area contributed by atoms with Gasteiger partial charge in [-0.15, -0.1) is 0 Å². The summed E-state index contributed by atoms with van der Waals surface area (Å²) < 4.78 is 0.